The SMILES string of the molecule is CCOC(=O)N1CCN(/C(=C/C=N)c2cc(-c3ccc(C4(OC)CCN(C(C)C)CC4)cc3F)c[nH]2)CC1. The summed E-state index contributed by atoms with van der Waals surface area (Å²) in [5, 5.41) is 7.66. The van der Waals surface area contributed by atoms with Gasteiger partial charge in [0, 0.05) is 76.0 Å². The number of benzene rings is 1. The molecule has 0 spiro atoms. The summed E-state index contributed by atoms with van der Waals surface area (Å²) < 4.78 is 26.6. The number of carbonyl (C=O) groups is 1. The number of aromatic nitrogens is 1. The first-order valence-corrected chi connectivity index (χ1v) is 13.5. The number of allylic oxidation sites excluding steroid dienone is 1. The Morgan fingerprint density at radius 2 is 1.82 bits per heavy atom. The van der Waals surface area contributed by atoms with Crippen LogP contribution in [0.5, 0.6) is 0 Å². The van der Waals surface area contributed by atoms with Crippen LogP contribution in [0.15, 0.2) is 36.5 Å². The number of piperidine rings is 1. The number of H-pyrrole nitrogens is 1. The molecule has 9 heteroatoms. The lowest BCUT2D eigenvalue weighted by Gasteiger charge is -2.42. The van der Waals surface area contributed by atoms with Gasteiger partial charge < -0.3 is 34.6 Å². The quantitative estimate of drug-likeness (QED) is 0.478. The molecule has 38 heavy (non-hydrogen) atoms. The first-order valence-electron chi connectivity index (χ1n) is 13.5. The number of methoxy groups -OCH3 is 1. The second-order valence-electron chi connectivity index (χ2n) is 10.2. The molecule has 0 saturated carbocycles. The predicted molar refractivity (Wildman–Crippen MR) is 148 cm³/mol. The van der Waals surface area contributed by atoms with Gasteiger partial charge >= 0.3 is 6.09 Å². The summed E-state index contributed by atoms with van der Waals surface area (Å²) in [6.07, 6.45) is 6.13. The molecular weight excluding hydrogens is 485 g/mol. The third-order valence-electron chi connectivity index (χ3n) is 7.88. The number of nitrogens with one attached hydrogen (secondary N) is 2. The van der Waals surface area contributed by atoms with Crippen LogP contribution in [0.1, 0.15) is 44.9 Å². The van der Waals surface area contributed by atoms with Gasteiger partial charge in [0.05, 0.1) is 23.6 Å². The van der Waals surface area contributed by atoms with E-state index in [-0.39, 0.29) is 11.9 Å². The summed E-state index contributed by atoms with van der Waals surface area (Å²) in [7, 11) is 1.72. The van der Waals surface area contributed by atoms with Crippen molar-refractivity contribution in [2.75, 3.05) is 53.0 Å². The molecule has 0 radical (unpaired) electrons. The number of ether oxygens (including phenoxy) is 2. The highest BCUT2D eigenvalue weighted by molar-refractivity contribution is 5.83. The van der Waals surface area contributed by atoms with Crippen molar-refractivity contribution < 1.29 is 18.7 Å². The third-order valence-corrected chi connectivity index (χ3v) is 7.88. The molecule has 3 heterocycles. The summed E-state index contributed by atoms with van der Waals surface area (Å²) in [4.78, 5) is 21.6. The molecule has 1 amide bonds. The van der Waals surface area contributed by atoms with Gasteiger partial charge in [-0.1, -0.05) is 12.1 Å². The van der Waals surface area contributed by atoms with Crippen LogP contribution in [0.3, 0.4) is 0 Å². The van der Waals surface area contributed by atoms with E-state index in [4.69, 9.17) is 14.9 Å². The smallest absolute Gasteiger partial charge is 0.409 e. The molecule has 206 valence electrons. The third kappa shape index (κ3) is 5.78. The normalized spacial score (nSPS) is 18.6. The van der Waals surface area contributed by atoms with Crippen molar-refractivity contribution in [2.45, 2.75) is 45.3 Å². The van der Waals surface area contributed by atoms with Crippen molar-refractivity contribution in [3.05, 3.63) is 53.6 Å². The summed E-state index contributed by atoms with van der Waals surface area (Å²) in [6, 6.07) is 7.85. The number of aromatic amines is 1. The fourth-order valence-electron chi connectivity index (χ4n) is 5.53. The molecule has 2 fully saturated rings. The van der Waals surface area contributed by atoms with E-state index >= 15 is 4.39 Å². The van der Waals surface area contributed by atoms with Crippen LogP contribution in [0.2, 0.25) is 0 Å². The topological polar surface area (TPSA) is 84.9 Å². The molecule has 2 aliphatic rings. The summed E-state index contributed by atoms with van der Waals surface area (Å²) >= 11 is 0. The second kappa shape index (κ2) is 12.1. The van der Waals surface area contributed by atoms with E-state index in [0.717, 1.165) is 48.4 Å². The Bertz CT molecular complexity index is 1140. The zero-order chi connectivity index (χ0) is 27.3. The van der Waals surface area contributed by atoms with Crippen molar-refractivity contribution >= 4 is 18.0 Å². The highest BCUT2D eigenvalue weighted by Crippen LogP contribution is 2.38. The lowest BCUT2D eigenvalue weighted by molar-refractivity contribution is -0.0671. The molecule has 8 nitrogen and oxygen atoms in total. The van der Waals surface area contributed by atoms with Crippen molar-refractivity contribution in [2.24, 2.45) is 0 Å². The van der Waals surface area contributed by atoms with Gasteiger partial charge in [0.1, 0.15) is 5.82 Å². The maximum atomic E-state index is 15.5. The highest BCUT2D eigenvalue weighted by atomic mass is 19.1. The summed E-state index contributed by atoms with van der Waals surface area (Å²) in [6.45, 7) is 10.7. The zero-order valence-electron chi connectivity index (χ0n) is 22.9. The molecule has 2 N–H and O–H groups in total. The van der Waals surface area contributed by atoms with Gasteiger partial charge in [-0.3, -0.25) is 0 Å². The average Bonchev–Trinajstić information content (AvgIpc) is 3.41. The first-order chi connectivity index (χ1) is 18.3. The number of hydrogen-bond donors (Lipinski definition) is 2. The molecule has 0 aliphatic carbocycles. The van der Waals surface area contributed by atoms with E-state index < -0.39 is 5.60 Å². The van der Waals surface area contributed by atoms with Crippen LogP contribution in [-0.4, -0.2) is 91.0 Å². The van der Waals surface area contributed by atoms with E-state index in [2.05, 4.69) is 28.6 Å². The molecule has 1 aromatic heterocycles. The van der Waals surface area contributed by atoms with Crippen molar-refractivity contribution in [1.82, 2.24) is 19.7 Å². The average molecular weight is 526 g/mol. The molecule has 2 aliphatic heterocycles. The van der Waals surface area contributed by atoms with Crippen LogP contribution in [0.25, 0.3) is 16.8 Å². The fraction of sp³-hybridized carbons (Fsp3) is 0.517. The number of carbonyl (C=O) groups excluding carboxylic acids is 1. The molecular formula is C29H40FN5O3. The minimum atomic E-state index is -0.473. The maximum Gasteiger partial charge on any atom is 0.409 e. The van der Waals surface area contributed by atoms with Gasteiger partial charge in [0.25, 0.3) is 0 Å². The Labute approximate surface area is 224 Å². The van der Waals surface area contributed by atoms with Crippen molar-refractivity contribution in [3.63, 3.8) is 0 Å². The summed E-state index contributed by atoms with van der Waals surface area (Å²) in [5.74, 6) is -0.281. The Morgan fingerprint density at radius 1 is 1.13 bits per heavy atom. The highest BCUT2D eigenvalue weighted by Gasteiger charge is 2.37. The minimum Gasteiger partial charge on any atom is -0.450 e. The molecule has 0 unspecified atom stereocenters. The largest absolute Gasteiger partial charge is 0.450 e. The molecule has 2 aromatic rings. The Kier molecular flexibility index (Phi) is 8.89. The van der Waals surface area contributed by atoms with Crippen LogP contribution < -0.4 is 0 Å². The number of likely N-dealkylation sites (tertiary alicyclic amines) is 1. The zero-order valence-corrected chi connectivity index (χ0v) is 22.9. The van der Waals surface area contributed by atoms with Crippen LogP contribution in [0.4, 0.5) is 9.18 Å². The summed E-state index contributed by atoms with van der Waals surface area (Å²) in [5.41, 5.74) is 3.30. The van der Waals surface area contributed by atoms with Crippen LogP contribution >= 0.6 is 0 Å². The van der Waals surface area contributed by atoms with Gasteiger partial charge in [-0.15, -0.1) is 0 Å². The molecule has 0 atom stereocenters. The predicted octanol–water partition coefficient (Wildman–Crippen LogP) is 4.93. The van der Waals surface area contributed by atoms with Gasteiger partial charge in [-0.05, 0) is 57.4 Å². The second-order valence-corrected chi connectivity index (χ2v) is 10.2. The Hall–Kier alpha value is -3.17. The minimum absolute atomic E-state index is 0.281. The number of nitrogens with zero attached hydrogens (tertiary/aromatic N) is 3. The van der Waals surface area contributed by atoms with E-state index in [0.29, 0.717) is 44.4 Å². The number of rotatable bonds is 8. The molecule has 4 rings (SSSR count). The lowest BCUT2D eigenvalue weighted by Crippen LogP contribution is -2.48. The standard InChI is InChI=1S/C29H40FN5O3/c1-5-38-28(36)35-16-14-34(15-17-35)27(8-11-31)26-18-22(20-32-26)24-7-6-23(19-25(24)30)29(37-4)9-12-33(13-10-29)21(2)3/h6-8,11,18-21,31-32H,5,9-10,12-17H2,1-4H3/b27-8+,31-11?. The monoisotopic (exact) mass is 525 g/mol. The first kappa shape index (κ1) is 27.9. The Balaban J connectivity index is 1.50. The number of piperazine rings is 1. The Morgan fingerprint density at radius 3 is 2.39 bits per heavy atom. The fourth-order valence-corrected chi connectivity index (χ4v) is 5.53. The van der Waals surface area contributed by atoms with E-state index in [1.54, 1.807) is 37.3 Å². The number of hydrogen-bond acceptors (Lipinski definition) is 6. The van der Waals surface area contributed by atoms with Gasteiger partial charge in [0.2, 0.25) is 0 Å². The molecule has 0 bridgehead atoms. The van der Waals surface area contributed by atoms with E-state index in [1.165, 1.54) is 6.21 Å². The van der Waals surface area contributed by atoms with Crippen molar-refractivity contribution in [1.29, 1.82) is 5.41 Å². The maximum absolute atomic E-state index is 15.5. The van der Waals surface area contributed by atoms with Crippen molar-refractivity contribution in [3.8, 4) is 11.1 Å². The molecule has 2 saturated heterocycles. The van der Waals surface area contributed by atoms with Gasteiger partial charge in [0.15, 0.2) is 0 Å². The van der Waals surface area contributed by atoms with E-state index in [9.17, 15) is 4.79 Å². The van der Waals surface area contributed by atoms with Crippen LogP contribution in [0, 0.1) is 11.2 Å². The van der Waals surface area contributed by atoms with Gasteiger partial charge in [-0.25, -0.2) is 9.18 Å². The lowest BCUT2D eigenvalue weighted by atomic mass is 9.83. The number of amides is 1. The van der Waals surface area contributed by atoms with Crippen LogP contribution in [-0.2, 0) is 15.1 Å². The van der Waals surface area contributed by atoms with E-state index in [1.807, 2.05) is 18.2 Å². The number of halogens is 1. The van der Waals surface area contributed by atoms with Gasteiger partial charge in [-0.2, -0.15) is 0 Å². The molecule has 1 aromatic carbocycles.